The molecule has 424 valence electrons. The third kappa shape index (κ3) is 12.5. The molecule has 42 heteroatoms. The van der Waals surface area contributed by atoms with Crippen molar-refractivity contribution in [1.82, 2.24) is 53.4 Å². The molecule has 3 saturated heterocycles. The number of aliphatic hydroxyl groups is 3. The number of anilines is 2. The molecule has 16 atom stereocenters. The smallest absolute Gasteiger partial charge is 0.480 e. The van der Waals surface area contributed by atoms with Crippen molar-refractivity contribution in [2.75, 3.05) is 52.5 Å². The number of amides is 1. The Labute approximate surface area is 429 Å². The van der Waals surface area contributed by atoms with Crippen LogP contribution in [0.2, 0.25) is 0 Å². The number of hydrogen-bond acceptors (Lipinski definition) is 27. The molecule has 4 unspecified atom stereocenters. The molecule has 0 radical (unpaired) electrons. The van der Waals surface area contributed by atoms with Gasteiger partial charge in [-0.05, 0) is 0 Å². The van der Waals surface area contributed by atoms with Gasteiger partial charge in [0.15, 0.2) is 30.2 Å². The number of nitrogens with zero attached hydrogens (tertiary/aromatic N) is 9. The molecular formula is C35H50N14O24P4. The van der Waals surface area contributed by atoms with Crippen LogP contribution in [-0.2, 0) is 71.5 Å². The van der Waals surface area contributed by atoms with Crippen LogP contribution >= 0.6 is 31.1 Å². The number of fused-ring (bicyclic) bond motifs is 2. The molecule has 0 bridgehead atoms. The molecule has 0 spiro atoms. The molecule has 1 amide bonds. The van der Waals surface area contributed by atoms with Crippen molar-refractivity contribution in [2.45, 2.75) is 73.9 Å². The van der Waals surface area contributed by atoms with E-state index < -0.39 is 154 Å². The van der Waals surface area contributed by atoms with Crippen LogP contribution in [0.25, 0.3) is 22.3 Å². The lowest BCUT2D eigenvalue weighted by Gasteiger charge is -2.31. The number of methoxy groups -OCH3 is 1. The fourth-order valence-corrected chi connectivity index (χ4v) is 13.5. The zero-order valence-corrected chi connectivity index (χ0v) is 43.7. The minimum Gasteiger partial charge on any atom is -0.756 e. The van der Waals surface area contributed by atoms with Crippen molar-refractivity contribution in [3.8, 4) is 0 Å². The number of phosphoric acid groups is 2. The third-order valence-electron chi connectivity index (χ3n) is 12.1. The van der Waals surface area contributed by atoms with E-state index in [2.05, 4.69) is 29.2 Å². The fourth-order valence-electron chi connectivity index (χ4n) is 8.56. The minimum absolute atomic E-state index is 0.00510. The van der Waals surface area contributed by atoms with Crippen LogP contribution in [0.3, 0.4) is 0 Å². The Hall–Kier alpha value is -5.11. The number of aryl methyl sites for hydroxylation is 1. The Morgan fingerprint density at radius 3 is 2.26 bits per heavy atom. The first-order chi connectivity index (χ1) is 36.0. The first-order valence-electron chi connectivity index (χ1n) is 22.2. The minimum atomic E-state index is -6.00. The first kappa shape index (κ1) is 58.0. The average Bonchev–Trinajstić information content (AvgIpc) is 4.13. The molecule has 0 aliphatic carbocycles. The van der Waals surface area contributed by atoms with Crippen molar-refractivity contribution >= 4 is 71.1 Å². The SMILES string of the molecule is CO[C@@H]1[C@H](OP(=O)([O-])OC[C@H]2O[C@@H](n3ccc(=O)[nH]c3=O)[C@H](O)[C@@H]2O)[C@@H](COP(=O)(O)NP(=O)(O)OP(=O)(O)OC[C@H]2O[C@@H]([n+]3cn(C)c4c(=O)[nH]c(N)nc43)[C@H](O)[C@@H]2CC(=O)N(C)C)O[C@H]1n1cnc2c(N)ncnc21. The summed E-state index contributed by atoms with van der Waals surface area (Å²) in [6.45, 7) is -3.36. The number of aliphatic hydroxyl groups excluding tert-OH is 3. The van der Waals surface area contributed by atoms with Crippen LogP contribution in [0.5, 0.6) is 0 Å². The summed E-state index contributed by atoms with van der Waals surface area (Å²) in [7, 11) is -17.9. The molecule has 3 aliphatic heterocycles. The number of H-pyrrole nitrogens is 2. The monoisotopic (exact) mass is 1170 g/mol. The number of carbonyl (C=O) groups is 1. The van der Waals surface area contributed by atoms with Gasteiger partial charge >= 0.3 is 34.7 Å². The molecule has 5 aromatic heterocycles. The number of imidazole rings is 2. The molecule has 3 fully saturated rings. The summed E-state index contributed by atoms with van der Waals surface area (Å²) in [4.78, 5) is 118. The van der Waals surface area contributed by atoms with E-state index in [1.165, 1.54) is 50.9 Å². The highest BCUT2D eigenvalue weighted by atomic mass is 31.3. The van der Waals surface area contributed by atoms with Crippen molar-refractivity contribution in [1.29, 1.82) is 0 Å². The second-order valence-electron chi connectivity index (χ2n) is 17.5. The zero-order chi connectivity index (χ0) is 56.3. The van der Waals surface area contributed by atoms with E-state index in [1.807, 2.05) is 4.98 Å². The zero-order valence-electron chi connectivity index (χ0n) is 40.1. The molecule has 5 aromatic rings. The normalized spacial score (nSPS) is 29.8. The molecular weight excluding hydrogens is 1120 g/mol. The van der Waals surface area contributed by atoms with E-state index in [0.29, 0.717) is 4.57 Å². The third-order valence-corrected chi connectivity index (χ3v) is 17.8. The van der Waals surface area contributed by atoms with Gasteiger partial charge in [-0.15, -0.1) is 4.86 Å². The number of aromatic amines is 2. The van der Waals surface area contributed by atoms with E-state index in [9.17, 15) is 72.3 Å². The van der Waals surface area contributed by atoms with Crippen molar-refractivity contribution in [3.05, 3.63) is 62.4 Å². The van der Waals surface area contributed by atoms with Crippen molar-refractivity contribution in [2.24, 2.45) is 13.0 Å². The van der Waals surface area contributed by atoms with Gasteiger partial charge in [0.1, 0.15) is 54.6 Å². The number of nitrogens with one attached hydrogen (secondary N) is 3. The molecule has 0 aromatic carbocycles. The number of rotatable bonds is 21. The molecule has 8 heterocycles. The van der Waals surface area contributed by atoms with Crippen molar-refractivity contribution < 1.29 is 104 Å². The van der Waals surface area contributed by atoms with Crippen LogP contribution in [-0.4, -0.2) is 174 Å². The molecule has 3 aliphatic rings. The predicted octanol–water partition coefficient (Wildman–Crippen LogP) is -5.20. The number of phosphoric ester groups is 2. The first-order valence-corrected chi connectivity index (χ1v) is 28.3. The van der Waals surface area contributed by atoms with Gasteiger partial charge in [0.25, 0.3) is 24.9 Å². The summed E-state index contributed by atoms with van der Waals surface area (Å²) in [5, 5.41) is 32.7. The molecule has 0 saturated carbocycles. The topological polar surface area (TPSA) is 533 Å². The Bertz CT molecular complexity index is 3410. The van der Waals surface area contributed by atoms with Gasteiger partial charge in [0.05, 0.1) is 39.3 Å². The highest BCUT2D eigenvalue weighted by molar-refractivity contribution is 7.71. The Morgan fingerprint density at radius 1 is 0.883 bits per heavy atom. The predicted molar refractivity (Wildman–Crippen MR) is 248 cm³/mol. The summed E-state index contributed by atoms with van der Waals surface area (Å²) in [6, 6.07) is 0.915. The Morgan fingerprint density at radius 2 is 1.57 bits per heavy atom. The number of nitrogens with two attached hydrogens (primary N) is 2. The number of ether oxygens (including phenoxy) is 4. The van der Waals surface area contributed by atoms with Crippen LogP contribution in [0.4, 0.5) is 11.8 Å². The quantitative estimate of drug-likeness (QED) is 0.0242. The number of aromatic nitrogens is 10. The summed E-state index contributed by atoms with van der Waals surface area (Å²) >= 11 is 0. The summed E-state index contributed by atoms with van der Waals surface area (Å²) in [6.07, 6.45) is -14.5. The highest BCUT2D eigenvalue weighted by Gasteiger charge is 2.53. The van der Waals surface area contributed by atoms with E-state index >= 15 is 0 Å². The Kier molecular flexibility index (Phi) is 16.7. The van der Waals surface area contributed by atoms with Gasteiger partial charge < -0.3 is 79.3 Å². The summed E-state index contributed by atoms with van der Waals surface area (Å²) in [5.74, 6) is -2.18. The largest absolute Gasteiger partial charge is 0.756 e. The van der Waals surface area contributed by atoms with Gasteiger partial charge in [-0.3, -0.25) is 51.7 Å². The molecule has 8 rings (SSSR count). The van der Waals surface area contributed by atoms with Crippen molar-refractivity contribution in [3.63, 3.8) is 0 Å². The van der Waals surface area contributed by atoms with E-state index in [-0.39, 0.29) is 34.1 Å². The maximum Gasteiger partial charge on any atom is 0.480 e. The van der Waals surface area contributed by atoms with E-state index in [0.717, 1.165) is 32.0 Å². The maximum atomic E-state index is 13.5. The van der Waals surface area contributed by atoms with Crippen LogP contribution in [0, 0.1) is 5.92 Å². The molecule has 13 N–H and O–H groups in total. The van der Waals surface area contributed by atoms with Crippen LogP contribution < -0.4 is 42.6 Å². The fraction of sp³-hybridized carbons (Fsp3) is 0.571. The lowest BCUT2D eigenvalue weighted by molar-refractivity contribution is -0.745. The van der Waals surface area contributed by atoms with Gasteiger partial charge in [-0.25, -0.2) is 38.0 Å². The number of nitrogen functional groups attached to an aromatic ring is 2. The molecule has 77 heavy (non-hydrogen) atoms. The van der Waals surface area contributed by atoms with Gasteiger partial charge in [0, 0.05) is 45.8 Å². The van der Waals surface area contributed by atoms with Crippen LogP contribution in [0.1, 0.15) is 25.1 Å². The molecule has 38 nitrogen and oxygen atoms in total. The second-order valence-corrected chi connectivity index (χ2v) is 23.8. The van der Waals surface area contributed by atoms with E-state index in [4.69, 9.17) is 48.5 Å². The standard InChI is InChI=1S/C35H50N14O24P4/c1-45(2)19(51)7-14-15(69-31(22(14)52)49-13-46(3)21-29(49)42-34(37)43-30(21)55)8-68-77(63,64)73-75(59,60)44-74(57,58)66-10-17-25(26(65-4)33(71-17)48-12-40-20-27(36)38-11-39-28(20)48)72-76(61,62)67-9-16-23(53)24(54)32(70-16)47-6-5-18(50)41-35(47)56/h5-6,11-17,22-26,31-33,52-54H,7-10H2,1-4H3,(H10-,36,37,38,39,41,42,43,44,50,55,56,57,58,59,60,61,62,63,64)/t14-,15-,16-,17-,22-,23-,24-,25-,26-,31-,32-,33-/m1/s1. The van der Waals surface area contributed by atoms with Gasteiger partial charge in [-0.1, -0.05) is 4.98 Å². The van der Waals surface area contributed by atoms with Crippen LogP contribution in [0.15, 0.2) is 45.6 Å². The van der Waals surface area contributed by atoms with E-state index in [1.54, 1.807) is 0 Å². The van der Waals surface area contributed by atoms with Gasteiger partial charge in [-0.2, -0.15) is 4.31 Å². The lowest BCUT2D eigenvalue weighted by atomic mass is 9.94. The van der Waals surface area contributed by atoms with Gasteiger partial charge in [0.2, 0.25) is 17.7 Å². The maximum absolute atomic E-state index is 13.5. The number of hydrogen-bond donors (Lipinski definition) is 11. The number of carbonyl (C=O) groups excluding carboxylic acids is 1. The summed E-state index contributed by atoms with van der Waals surface area (Å²) < 4.78 is 105. The lowest BCUT2D eigenvalue weighted by Crippen LogP contribution is -2.45. The average molecular weight is 1170 g/mol. The highest BCUT2D eigenvalue weighted by Crippen LogP contribution is 2.62. The Balaban J connectivity index is 0.951. The second kappa shape index (κ2) is 22.2. The summed E-state index contributed by atoms with van der Waals surface area (Å²) in [5.41, 5.74) is 9.14.